The smallest absolute Gasteiger partial charge is 0.374 e. The summed E-state index contributed by atoms with van der Waals surface area (Å²) in [5.41, 5.74) is 2.11. The Morgan fingerprint density at radius 2 is 1.93 bits per heavy atom. The molecule has 2 aromatic heterocycles. The largest absolute Gasteiger partial charge is 0.475 e. The Morgan fingerprint density at radius 1 is 1.12 bits per heavy atom. The molecule has 41 heavy (non-hydrogen) atoms. The van der Waals surface area contributed by atoms with E-state index in [2.05, 4.69) is 44.3 Å². The molecular formula is C32H41FN6O2. The molecule has 3 fully saturated rings. The Hall–Kier alpha value is -3.49. The highest BCUT2D eigenvalue weighted by Crippen LogP contribution is 2.40. The minimum Gasteiger partial charge on any atom is -0.475 e. The molecule has 218 valence electrons. The number of anilines is 2. The standard InChI is InChI=1S/C32H41FN6O2/c1-3-21-13-15-22(16-14-21)19-39-27-28(34-20(2)23-8-6-9-23)35-30(31(40)41)36-29(27)37-32(39)38-17-5-4-12-26(38)24-10-7-11-25(33)18-24/h3,7,10-11,18,20-23,26H,1,4-6,8-9,12-17,19H2,2H3,(H,40,41)(H,34,35,36)/t20-,21?,22?,26?/m1/s1. The van der Waals surface area contributed by atoms with Gasteiger partial charge in [-0.05, 0) is 100 Å². The molecule has 0 spiro atoms. The fourth-order valence-electron chi connectivity index (χ4n) is 6.98. The van der Waals surface area contributed by atoms with Gasteiger partial charge in [-0.1, -0.05) is 24.6 Å². The molecule has 0 bridgehead atoms. The number of rotatable bonds is 9. The SMILES string of the molecule is C=CC1CCC(Cn2c(N3CCCCC3c3cccc(F)c3)nc3nc(C(=O)O)nc(N[C@H](C)C4CCC4)c32)CC1. The molecule has 2 atom stereocenters. The maximum absolute atomic E-state index is 14.3. The molecule has 2 saturated carbocycles. The summed E-state index contributed by atoms with van der Waals surface area (Å²) in [5.74, 6) is 1.22. The monoisotopic (exact) mass is 560 g/mol. The molecule has 2 N–H and O–H groups in total. The number of hydrogen-bond donors (Lipinski definition) is 2. The van der Waals surface area contributed by atoms with Crippen molar-refractivity contribution in [2.24, 2.45) is 17.8 Å². The second-order valence-corrected chi connectivity index (χ2v) is 12.3. The van der Waals surface area contributed by atoms with Crippen LogP contribution >= 0.6 is 0 Å². The average molecular weight is 561 g/mol. The van der Waals surface area contributed by atoms with Gasteiger partial charge in [0.15, 0.2) is 11.5 Å². The molecule has 6 rings (SSSR count). The lowest BCUT2D eigenvalue weighted by molar-refractivity contribution is 0.0684. The fraction of sp³-hybridized carbons (Fsp3) is 0.562. The van der Waals surface area contributed by atoms with Gasteiger partial charge >= 0.3 is 5.97 Å². The van der Waals surface area contributed by atoms with Gasteiger partial charge in [-0.2, -0.15) is 4.98 Å². The van der Waals surface area contributed by atoms with Crippen LogP contribution in [0.2, 0.25) is 0 Å². The van der Waals surface area contributed by atoms with E-state index in [1.54, 1.807) is 12.1 Å². The number of halogens is 1. The van der Waals surface area contributed by atoms with E-state index in [-0.39, 0.29) is 23.7 Å². The van der Waals surface area contributed by atoms with Crippen LogP contribution in [0.4, 0.5) is 16.2 Å². The van der Waals surface area contributed by atoms with Crippen LogP contribution in [0.15, 0.2) is 36.9 Å². The van der Waals surface area contributed by atoms with Gasteiger partial charge in [-0.3, -0.25) is 0 Å². The molecule has 1 saturated heterocycles. The number of nitrogens with one attached hydrogen (secondary N) is 1. The molecule has 3 aromatic rings. The number of benzene rings is 1. The number of carboxylic acid groups (broad SMARTS) is 1. The lowest BCUT2D eigenvalue weighted by Crippen LogP contribution is -2.36. The quantitative estimate of drug-likeness (QED) is 0.272. The molecule has 2 aliphatic carbocycles. The molecule has 8 nitrogen and oxygen atoms in total. The number of nitrogens with zero attached hydrogens (tertiary/aromatic N) is 5. The highest BCUT2D eigenvalue weighted by Gasteiger charge is 2.33. The number of hydrogen-bond acceptors (Lipinski definition) is 6. The topological polar surface area (TPSA) is 96.2 Å². The van der Waals surface area contributed by atoms with Gasteiger partial charge in [-0.25, -0.2) is 19.2 Å². The number of aromatic nitrogens is 4. The van der Waals surface area contributed by atoms with Crippen molar-refractivity contribution in [1.82, 2.24) is 19.5 Å². The third-order valence-electron chi connectivity index (χ3n) is 9.65. The van der Waals surface area contributed by atoms with Gasteiger partial charge in [0.2, 0.25) is 11.8 Å². The van der Waals surface area contributed by atoms with Gasteiger partial charge in [0.1, 0.15) is 11.3 Å². The second kappa shape index (κ2) is 11.8. The maximum atomic E-state index is 14.3. The first kappa shape index (κ1) is 27.7. The summed E-state index contributed by atoms with van der Waals surface area (Å²) in [7, 11) is 0. The van der Waals surface area contributed by atoms with E-state index in [1.807, 2.05) is 6.07 Å². The Labute approximate surface area is 241 Å². The van der Waals surface area contributed by atoms with E-state index in [0.29, 0.717) is 29.2 Å². The van der Waals surface area contributed by atoms with E-state index < -0.39 is 5.97 Å². The molecular weight excluding hydrogens is 519 g/mol. The zero-order valence-electron chi connectivity index (χ0n) is 23.9. The third kappa shape index (κ3) is 5.68. The average Bonchev–Trinajstić information content (AvgIpc) is 3.30. The van der Waals surface area contributed by atoms with Gasteiger partial charge in [0.05, 0.1) is 6.04 Å². The van der Waals surface area contributed by atoms with Gasteiger partial charge < -0.3 is 19.9 Å². The van der Waals surface area contributed by atoms with Crippen molar-refractivity contribution in [3.05, 3.63) is 54.1 Å². The maximum Gasteiger partial charge on any atom is 0.374 e. The third-order valence-corrected chi connectivity index (χ3v) is 9.65. The van der Waals surface area contributed by atoms with E-state index in [1.165, 1.54) is 12.5 Å². The number of aromatic carboxylic acids is 1. The molecule has 9 heteroatoms. The molecule has 0 radical (unpaired) electrons. The molecule has 0 amide bonds. The summed E-state index contributed by atoms with van der Waals surface area (Å²) in [4.78, 5) is 28.4. The van der Waals surface area contributed by atoms with Crippen molar-refractivity contribution < 1.29 is 14.3 Å². The molecule has 3 aliphatic rings. The van der Waals surface area contributed by atoms with Crippen LogP contribution < -0.4 is 10.2 Å². The first-order valence-electron chi connectivity index (χ1n) is 15.3. The van der Waals surface area contributed by atoms with Crippen LogP contribution in [-0.2, 0) is 6.54 Å². The van der Waals surface area contributed by atoms with Crippen LogP contribution in [0.5, 0.6) is 0 Å². The summed E-state index contributed by atoms with van der Waals surface area (Å²) in [5, 5.41) is 13.5. The fourth-order valence-corrected chi connectivity index (χ4v) is 6.98. The highest BCUT2D eigenvalue weighted by molar-refractivity contribution is 5.91. The summed E-state index contributed by atoms with van der Waals surface area (Å²) < 4.78 is 16.6. The van der Waals surface area contributed by atoms with Crippen molar-refractivity contribution in [2.45, 2.75) is 89.8 Å². The molecule has 1 aromatic carbocycles. The number of piperidine rings is 1. The molecule has 3 heterocycles. The molecule has 1 aliphatic heterocycles. The number of allylic oxidation sites excluding steroid dienone is 1. The second-order valence-electron chi connectivity index (χ2n) is 12.3. The van der Waals surface area contributed by atoms with Crippen molar-refractivity contribution >= 4 is 28.9 Å². The minimum absolute atomic E-state index is 0.0243. The Kier molecular flexibility index (Phi) is 7.95. The van der Waals surface area contributed by atoms with Gasteiger partial charge in [0.25, 0.3) is 0 Å². The van der Waals surface area contributed by atoms with Crippen molar-refractivity contribution in [3.63, 3.8) is 0 Å². The van der Waals surface area contributed by atoms with Crippen molar-refractivity contribution in [3.8, 4) is 0 Å². The van der Waals surface area contributed by atoms with Crippen LogP contribution in [0, 0.1) is 23.6 Å². The Balaban J connectivity index is 1.47. The van der Waals surface area contributed by atoms with E-state index in [4.69, 9.17) is 4.98 Å². The predicted molar refractivity (Wildman–Crippen MR) is 159 cm³/mol. The van der Waals surface area contributed by atoms with Gasteiger partial charge in [0, 0.05) is 19.1 Å². The Bertz CT molecular complexity index is 1410. The summed E-state index contributed by atoms with van der Waals surface area (Å²) in [6.45, 7) is 7.70. The number of imidazole rings is 1. The zero-order valence-corrected chi connectivity index (χ0v) is 23.9. The first-order valence-corrected chi connectivity index (χ1v) is 15.3. The van der Waals surface area contributed by atoms with Crippen molar-refractivity contribution in [1.29, 1.82) is 0 Å². The van der Waals surface area contributed by atoms with E-state index in [9.17, 15) is 14.3 Å². The predicted octanol–water partition coefficient (Wildman–Crippen LogP) is 6.99. The van der Waals surface area contributed by atoms with Crippen molar-refractivity contribution in [2.75, 3.05) is 16.8 Å². The lowest BCUT2D eigenvalue weighted by atomic mass is 9.80. The first-order chi connectivity index (χ1) is 19.9. The molecule has 1 unspecified atom stereocenters. The zero-order chi connectivity index (χ0) is 28.5. The summed E-state index contributed by atoms with van der Waals surface area (Å²) >= 11 is 0. The van der Waals surface area contributed by atoms with Crippen LogP contribution in [0.25, 0.3) is 11.2 Å². The van der Waals surface area contributed by atoms with Gasteiger partial charge in [-0.15, -0.1) is 6.58 Å². The Morgan fingerprint density at radius 3 is 2.61 bits per heavy atom. The summed E-state index contributed by atoms with van der Waals surface area (Å²) in [6, 6.07) is 7.01. The number of carbonyl (C=O) groups is 1. The lowest BCUT2D eigenvalue weighted by Gasteiger charge is -2.38. The van der Waals surface area contributed by atoms with Crippen LogP contribution in [0.3, 0.4) is 0 Å². The van der Waals surface area contributed by atoms with Crippen LogP contribution in [0.1, 0.15) is 93.4 Å². The van der Waals surface area contributed by atoms with E-state index >= 15 is 0 Å². The normalized spacial score (nSPS) is 24.1. The minimum atomic E-state index is -1.17. The highest BCUT2D eigenvalue weighted by atomic mass is 19.1. The summed E-state index contributed by atoms with van der Waals surface area (Å²) in [6.07, 6.45) is 13.0. The number of fused-ring (bicyclic) bond motifs is 1. The van der Waals surface area contributed by atoms with E-state index in [0.717, 1.165) is 87.9 Å². The van der Waals surface area contributed by atoms with Crippen LogP contribution in [-0.4, -0.2) is 43.2 Å². The number of carboxylic acids is 1.